The monoisotopic (exact) mass is 141 g/mol. The summed E-state index contributed by atoms with van der Waals surface area (Å²) >= 11 is 0. The number of ether oxygens (including phenoxy) is 2. The molecule has 0 aliphatic heterocycles. The molecule has 0 rings (SSSR count). The summed E-state index contributed by atoms with van der Waals surface area (Å²) in [5, 5.41) is 0. The van der Waals surface area contributed by atoms with E-state index in [2.05, 4.69) is 5.92 Å². The van der Waals surface area contributed by atoms with Gasteiger partial charge in [-0.1, -0.05) is 5.92 Å². The molecule has 2 heteroatoms. The van der Waals surface area contributed by atoms with Crippen LogP contribution in [0.15, 0.2) is 0 Å². The summed E-state index contributed by atoms with van der Waals surface area (Å²) in [7, 11) is 0. The van der Waals surface area contributed by atoms with Crippen molar-refractivity contribution in [3.8, 4) is 5.92 Å². The van der Waals surface area contributed by atoms with Crippen molar-refractivity contribution in [3.63, 3.8) is 0 Å². The molecule has 0 saturated heterocycles. The molecule has 0 N–H and O–H groups in total. The van der Waals surface area contributed by atoms with Crippen LogP contribution in [-0.2, 0) is 9.47 Å². The third-order valence-electron chi connectivity index (χ3n) is 1.00. The summed E-state index contributed by atoms with van der Waals surface area (Å²) in [4.78, 5) is 0. The topological polar surface area (TPSA) is 18.5 Å². The molecule has 0 amide bonds. The van der Waals surface area contributed by atoms with Crippen LogP contribution in [0.4, 0.5) is 0 Å². The maximum Gasteiger partial charge on any atom is 0.116 e. The first-order valence-electron chi connectivity index (χ1n) is 3.42. The molecule has 2 nitrogen and oxygen atoms in total. The van der Waals surface area contributed by atoms with E-state index in [0.717, 1.165) is 0 Å². The predicted octanol–water partition coefficient (Wildman–Crippen LogP) is 1.02. The third kappa shape index (κ3) is 5.61. The molecule has 0 aromatic carbocycles. The van der Waals surface area contributed by atoms with Crippen molar-refractivity contribution < 1.29 is 9.47 Å². The second-order valence-electron chi connectivity index (χ2n) is 1.85. The van der Waals surface area contributed by atoms with E-state index in [9.17, 15) is 0 Å². The van der Waals surface area contributed by atoms with E-state index >= 15 is 0 Å². The van der Waals surface area contributed by atoms with Gasteiger partial charge in [-0.2, -0.15) is 0 Å². The summed E-state index contributed by atoms with van der Waals surface area (Å²) in [6.07, 6.45) is 6.47. The Balaban J connectivity index is 2.98. The fraction of sp³-hybridized carbons (Fsp3) is 0.750. The minimum absolute atomic E-state index is 0.208. The maximum atomic E-state index is 6.67. The molecule has 0 aliphatic rings. The first-order valence-corrected chi connectivity index (χ1v) is 3.42. The van der Waals surface area contributed by atoms with Crippen molar-refractivity contribution in [1.29, 1.82) is 0 Å². The Labute approximate surface area is 62.5 Å². The molecule has 0 aromatic heterocycles. The van der Waals surface area contributed by atoms with E-state index < -0.39 is 0 Å². The Morgan fingerprint density at radius 2 is 2.20 bits per heavy atom. The van der Waals surface area contributed by atoms with Crippen LogP contribution >= 0.6 is 0 Å². The lowest BCUT2D eigenvalue weighted by Crippen LogP contribution is -2.10. The van der Waals surface area contributed by atoms with Gasteiger partial charge in [-0.05, 0) is 20.3 Å². The first kappa shape index (κ1) is 9.48. The average molecular weight is 141 g/mol. The van der Waals surface area contributed by atoms with Crippen molar-refractivity contribution in [1.82, 2.24) is 0 Å². The van der Waals surface area contributed by atoms with Crippen LogP contribution in [0.1, 0.15) is 13.8 Å². The Morgan fingerprint density at radius 1 is 1.50 bits per heavy atom. The zero-order chi connectivity index (χ0) is 7.82. The van der Waals surface area contributed by atoms with Gasteiger partial charge in [0.05, 0.1) is 13.2 Å². The summed E-state index contributed by atoms with van der Waals surface area (Å²) < 4.78 is 10.1. The van der Waals surface area contributed by atoms with Gasteiger partial charge in [0.2, 0.25) is 0 Å². The highest BCUT2D eigenvalue weighted by molar-refractivity contribution is 4.84. The van der Waals surface area contributed by atoms with Crippen molar-refractivity contribution in [2.24, 2.45) is 0 Å². The highest BCUT2D eigenvalue weighted by Crippen LogP contribution is 1.86. The van der Waals surface area contributed by atoms with E-state index in [1.165, 1.54) is 0 Å². The Bertz CT molecular complexity index is 104. The van der Waals surface area contributed by atoms with E-state index in [4.69, 9.17) is 15.9 Å². The molecule has 57 valence electrons. The van der Waals surface area contributed by atoms with Crippen molar-refractivity contribution in [2.75, 3.05) is 19.8 Å². The molecule has 1 atom stereocenters. The van der Waals surface area contributed by atoms with Crippen molar-refractivity contribution in [3.05, 3.63) is 6.42 Å². The highest BCUT2D eigenvalue weighted by atomic mass is 16.5. The lowest BCUT2D eigenvalue weighted by atomic mass is 10.4. The minimum atomic E-state index is -0.208. The number of hydrogen-bond acceptors (Lipinski definition) is 2. The van der Waals surface area contributed by atoms with Crippen molar-refractivity contribution in [2.45, 2.75) is 20.0 Å². The van der Waals surface area contributed by atoms with Crippen LogP contribution < -0.4 is 0 Å². The molecule has 10 heavy (non-hydrogen) atoms. The Kier molecular flexibility index (Phi) is 6.25. The Morgan fingerprint density at radius 3 is 2.70 bits per heavy atom. The zero-order valence-electron chi connectivity index (χ0n) is 6.52. The normalized spacial score (nSPS) is 12.5. The quantitative estimate of drug-likeness (QED) is 0.420. The highest BCUT2D eigenvalue weighted by Gasteiger charge is 1.93. The van der Waals surface area contributed by atoms with Crippen LogP contribution in [0.25, 0.3) is 0 Å². The molecular weight excluding hydrogens is 128 g/mol. The van der Waals surface area contributed by atoms with Crippen LogP contribution in [-0.4, -0.2) is 25.9 Å². The van der Waals surface area contributed by atoms with Gasteiger partial charge in [-0.3, -0.25) is 0 Å². The Hall–Kier alpha value is -0.520. The molecule has 0 bridgehead atoms. The lowest BCUT2D eigenvalue weighted by molar-refractivity contribution is 0.0368. The van der Waals surface area contributed by atoms with Crippen LogP contribution in [0.5, 0.6) is 0 Å². The van der Waals surface area contributed by atoms with E-state index in [1.54, 1.807) is 6.92 Å². The standard InChI is InChI=1S/C8H13O2/c1-4-8(3)10-7-6-9-5-2/h8H,5-7H2,2-3H3. The SMILES string of the molecule is [C]#CC(C)OCCOCC. The molecule has 1 radical (unpaired) electrons. The van der Waals surface area contributed by atoms with Gasteiger partial charge >= 0.3 is 0 Å². The van der Waals surface area contributed by atoms with Gasteiger partial charge in [-0.15, -0.1) is 0 Å². The fourth-order valence-electron chi connectivity index (χ4n) is 0.470. The second kappa shape index (κ2) is 6.60. The first-order chi connectivity index (χ1) is 4.81. The van der Waals surface area contributed by atoms with E-state index in [0.29, 0.717) is 19.8 Å². The molecular formula is C8H13O2. The smallest absolute Gasteiger partial charge is 0.116 e. The van der Waals surface area contributed by atoms with Crippen LogP contribution in [0, 0.1) is 12.3 Å². The summed E-state index contributed by atoms with van der Waals surface area (Å²) in [5.41, 5.74) is 0. The van der Waals surface area contributed by atoms with Gasteiger partial charge < -0.3 is 9.47 Å². The van der Waals surface area contributed by atoms with Crippen LogP contribution in [0.2, 0.25) is 0 Å². The second-order valence-corrected chi connectivity index (χ2v) is 1.85. The average Bonchev–Trinajstić information content (AvgIpc) is 1.98. The van der Waals surface area contributed by atoms with Gasteiger partial charge in [-0.25, -0.2) is 0 Å². The van der Waals surface area contributed by atoms with Gasteiger partial charge in [0.15, 0.2) is 0 Å². The van der Waals surface area contributed by atoms with Crippen LogP contribution in [0.3, 0.4) is 0 Å². The summed E-state index contributed by atoms with van der Waals surface area (Å²) in [6, 6.07) is 0. The number of hydrogen-bond donors (Lipinski definition) is 0. The lowest BCUT2D eigenvalue weighted by Gasteiger charge is -2.05. The van der Waals surface area contributed by atoms with Crippen molar-refractivity contribution >= 4 is 0 Å². The molecule has 0 aromatic rings. The molecule has 0 spiro atoms. The van der Waals surface area contributed by atoms with Gasteiger partial charge in [0.1, 0.15) is 6.10 Å². The fourth-order valence-corrected chi connectivity index (χ4v) is 0.470. The van der Waals surface area contributed by atoms with Gasteiger partial charge in [0, 0.05) is 6.61 Å². The largest absolute Gasteiger partial charge is 0.379 e. The molecule has 0 aliphatic carbocycles. The maximum absolute atomic E-state index is 6.67. The molecule has 0 fully saturated rings. The molecule has 1 unspecified atom stereocenters. The molecule has 0 saturated carbocycles. The zero-order valence-corrected chi connectivity index (χ0v) is 6.52. The predicted molar refractivity (Wildman–Crippen MR) is 39.0 cm³/mol. The number of rotatable bonds is 5. The van der Waals surface area contributed by atoms with E-state index in [-0.39, 0.29) is 6.10 Å². The molecule has 0 heterocycles. The third-order valence-corrected chi connectivity index (χ3v) is 1.00. The summed E-state index contributed by atoms with van der Waals surface area (Å²) in [5.74, 6) is 2.21. The minimum Gasteiger partial charge on any atom is -0.379 e. The van der Waals surface area contributed by atoms with Gasteiger partial charge in [0.25, 0.3) is 0 Å². The summed E-state index contributed by atoms with van der Waals surface area (Å²) in [6.45, 7) is 5.57. The van der Waals surface area contributed by atoms with E-state index in [1.807, 2.05) is 6.92 Å².